The molecule has 2 heterocycles. The molecule has 1 N–H and O–H groups in total. The number of nitriles is 1. The maximum absolute atomic E-state index is 12.4. The number of nitrogens with zero attached hydrogens (tertiary/aromatic N) is 3. The number of Topliss-reactive ketones (excluding diaryl/α,β-unsaturated/α-hetero) is 1. The standard InChI is InChI=1S/C21H20N4O4/c1-15(26)16-4-6-18(7-5-16)23-20(27)17(13-22)14-24-8-10-25(11-9-24)21(28)19-3-2-12-29-19/h2-7,12,14H,8-11H2,1H3,(H,23,27)/b17-14-. The van der Waals surface area contributed by atoms with Gasteiger partial charge in [-0.2, -0.15) is 5.26 Å². The first-order chi connectivity index (χ1) is 14.0. The molecule has 1 fully saturated rings. The van der Waals surface area contributed by atoms with Crippen molar-refractivity contribution in [1.82, 2.24) is 9.80 Å². The molecule has 0 aliphatic carbocycles. The summed E-state index contributed by atoms with van der Waals surface area (Å²) in [6.45, 7) is 3.38. The van der Waals surface area contributed by atoms with Gasteiger partial charge in [-0.05, 0) is 43.3 Å². The molecule has 0 atom stereocenters. The number of nitrogens with one attached hydrogen (secondary N) is 1. The summed E-state index contributed by atoms with van der Waals surface area (Å²) in [4.78, 5) is 39.5. The first-order valence-electron chi connectivity index (χ1n) is 9.09. The molecule has 0 unspecified atom stereocenters. The monoisotopic (exact) mass is 392 g/mol. The Morgan fingerprint density at radius 1 is 1.10 bits per heavy atom. The van der Waals surface area contributed by atoms with Crippen LogP contribution in [0.2, 0.25) is 0 Å². The number of anilines is 1. The van der Waals surface area contributed by atoms with E-state index in [0.717, 1.165) is 0 Å². The number of amides is 2. The Morgan fingerprint density at radius 2 is 1.79 bits per heavy atom. The fourth-order valence-electron chi connectivity index (χ4n) is 2.92. The highest BCUT2D eigenvalue weighted by Crippen LogP contribution is 2.13. The SMILES string of the molecule is CC(=O)c1ccc(NC(=O)/C(C#N)=C\N2CCN(C(=O)c3ccco3)CC2)cc1. The van der Waals surface area contributed by atoms with Crippen LogP contribution in [0.1, 0.15) is 27.8 Å². The minimum Gasteiger partial charge on any atom is -0.459 e. The number of piperazine rings is 1. The van der Waals surface area contributed by atoms with E-state index >= 15 is 0 Å². The summed E-state index contributed by atoms with van der Waals surface area (Å²) in [5, 5.41) is 12.0. The minimum absolute atomic E-state index is 0.0357. The average Bonchev–Trinajstić information content (AvgIpc) is 3.27. The zero-order valence-corrected chi connectivity index (χ0v) is 15.9. The van der Waals surface area contributed by atoms with Crippen LogP contribution in [0.4, 0.5) is 5.69 Å². The van der Waals surface area contributed by atoms with Crippen molar-refractivity contribution in [3.8, 4) is 6.07 Å². The second-order valence-corrected chi connectivity index (χ2v) is 6.55. The van der Waals surface area contributed by atoms with Crippen LogP contribution in [0, 0.1) is 11.3 Å². The first kappa shape index (κ1) is 19.9. The fraction of sp³-hybridized carbons (Fsp3) is 0.238. The molecule has 8 heteroatoms. The van der Waals surface area contributed by atoms with Crippen molar-refractivity contribution >= 4 is 23.3 Å². The summed E-state index contributed by atoms with van der Waals surface area (Å²) in [6, 6.07) is 11.7. The molecule has 1 saturated heterocycles. The molecule has 0 spiro atoms. The summed E-state index contributed by atoms with van der Waals surface area (Å²) in [5.41, 5.74) is 1.00. The highest BCUT2D eigenvalue weighted by atomic mass is 16.3. The second kappa shape index (κ2) is 8.89. The number of carbonyl (C=O) groups excluding carboxylic acids is 3. The van der Waals surface area contributed by atoms with Crippen molar-refractivity contribution in [3.63, 3.8) is 0 Å². The minimum atomic E-state index is -0.530. The summed E-state index contributed by atoms with van der Waals surface area (Å²) in [7, 11) is 0. The number of hydrogen-bond acceptors (Lipinski definition) is 6. The summed E-state index contributed by atoms with van der Waals surface area (Å²) >= 11 is 0. The van der Waals surface area contributed by atoms with Gasteiger partial charge in [-0.15, -0.1) is 0 Å². The first-order valence-corrected chi connectivity index (χ1v) is 9.09. The Balaban J connectivity index is 1.58. The predicted octanol–water partition coefficient (Wildman–Crippen LogP) is 2.29. The molecule has 148 valence electrons. The molecule has 8 nitrogen and oxygen atoms in total. The Bertz CT molecular complexity index is 963. The van der Waals surface area contributed by atoms with Crippen molar-refractivity contribution in [1.29, 1.82) is 5.26 Å². The molecule has 1 aromatic carbocycles. The lowest BCUT2D eigenvalue weighted by molar-refractivity contribution is -0.112. The van der Waals surface area contributed by atoms with Crippen LogP contribution in [0.5, 0.6) is 0 Å². The molecule has 29 heavy (non-hydrogen) atoms. The number of rotatable bonds is 5. The van der Waals surface area contributed by atoms with Gasteiger partial charge in [0.2, 0.25) is 0 Å². The Morgan fingerprint density at radius 3 is 2.34 bits per heavy atom. The number of benzene rings is 1. The summed E-state index contributed by atoms with van der Waals surface area (Å²) in [5.74, 6) is -0.477. The van der Waals surface area contributed by atoms with Gasteiger partial charge in [0.05, 0.1) is 6.26 Å². The van der Waals surface area contributed by atoms with Crippen LogP contribution in [-0.2, 0) is 4.79 Å². The number of ketones is 1. The smallest absolute Gasteiger partial charge is 0.289 e. The topological polar surface area (TPSA) is 107 Å². The lowest BCUT2D eigenvalue weighted by atomic mass is 10.1. The van der Waals surface area contributed by atoms with Gasteiger partial charge in [0.15, 0.2) is 11.5 Å². The fourth-order valence-corrected chi connectivity index (χ4v) is 2.92. The van der Waals surface area contributed by atoms with Gasteiger partial charge in [-0.25, -0.2) is 0 Å². The molecular weight excluding hydrogens is 372 g/mol. The third-order valence-electron chi connectivity index (χ3n) is 4.56. The molecule has 0 bridgehead atoms. The average molecular weight is 392 g/mol. The van der Waals surface area contributed by atoms with E-state index in [1.165, 1.54) is 19.4 Å². The molecule has 0 saturated carbocycles. The maximum atomic E-state index is 12.4. The van der Waals surface area contributed by atoms with Crippen LogP contribution >= 0.6 is 0 Å². The van der Waals surface area contributed by atoms with E-state index in [2.05, 4.69) is 5.32 Å². The Kier molecular flexibility index (Phi) is 6.09. The van der Waals surface area contributed by atoms with E-state index in [0.29, 0.717) is 43.2 Å². The molecule has 1 aliphatic rings. The van der Waals surface area contributed by atoms with Crippen LogP contribution in [0.3, 0.4) is 0 Å². The van der Waals surface area contributed by atoms with E-state index in [1.54, 1.807) is 41.3 Å². The van der Waals surface area contributed by atoms with Crippen LogP contribution < -0.4 is 5.32 Å². The van der Waals surface area contributed by atoms with Gasteiger partial charge >= 0.3 is 0 Å². The van der Waals surface area contributed by atoms with Gasteiger partial charge in [-0.1, -0.05) is 0 Å². The van der Waals surface area contributed by atoms with Gasteiger partial charge in [-0.3, -0.25) is 14.4 Å². The van der Waals surface area contributed by atoms with Gasteiger partial charge < -0.3 is 19.5 Å². The molecule has 0 radical (unpaired) electrons. The third-order valence-corrected chi connectivity index (χ3v) is 4.56. The molecule has 2 aromatic rings. The van der Waals surface area contributed by atoms with Crippen molar-refractivity contribution < 1.29 is 18.8 Å². The molecule has 2 amide bonds. The van der Waals surface area contributed by atoms with Crippen LogP contribution in [0.15, 0.2) is 58.9 Å². The zero-order chi connectivity index (χ0) is 20.8. The van der Waals surface area contributed by atoms with E-state index in [4.69, 9.17) is 4.42 Å². The number of furan rings is 1. The van der Waals surface area contributed by atoms with Crippen LogP contribution in [0.25, 0.3) is 0 Å². The van der Waals surface area contributed by atoms with E-state index in [-0.39, 0.29) is 17.3 Å². The van der Waals surface area contributed by atoms with E-state index in [9.17, 15) is 19.6 Å². The largest absolute Gasteiger partial charge is 0.459 e. The van der Waals surface area contributed by atoms with E-state index < -0.39 is 5.91 Å². The lowest BCUT2D eigenvalue weighted by Crippen LogP contribution is -2.47. The normalized spacial score (nSPS) is 14.3. The maximum Gasteiger partial charge on any atom is 0.289 e. The van der Waals surface area contributed by atoms with Crippen molar-refractivity contribution in [3.05, 3.63) is 65.8 Å². The highest BCUT2D eigenvalue weighted by Gasteiger charge is 2.23. The lowest BCUT2D eigenvalue weighted by Gasteiger charge is -2.33. The molecule has 1 aliphatic heterocycles. The Labute approximate surface area is 168 Å². The second-order valence-electron chi connectivity index (χ2n) is 6.55. The third kappa shape index (κ3) is 4.90. The molecule has 1 aromatic heterocycles. The highest BCUT2D eigenvalue weighted by molar-refractivity contribution is 6.06. The van der Waals surface area contributed by atoms with Crippen molar-refractivity contribution in [2.75, 3.05) is 31.5 Å². The summed E-state index contributed by atoms with van der Waals surface area (Å²) in [6.07, 6.45) is 2.96. The number of hydrogen-bond donors (Lipinski definition) is 1. The van der Waals surface area contributed by atoms with Crippen molar-refractivity contribution in [2.24, 2.45) is 0 Å². The molecular formula is C21H20N4O4. The Hall–Kier alpha value is -3.86. The van der Waals surface area contributed by atoms with Gasteiger partial charge in [0.1, 0.15) is 11.6 Å². The molecule has 3 rings (SSSR count). The van der Waals surface area contributed by atoms with Gasteiger partial charge in [0, 0.05) is 43.6 Å². The van der Waals surface area contributed by atoms with Crippen LogP contribution in [-0.4, -0.2) is 53.6 Å². The van der Waals surface area contributed by atoms with E-state index in [1.807, 2.05) is 11.0 Å². The predicted molar refractivity (Wildman–Crippen MR) is 105 cm³/mol. The quantitative estimate of drug-likeness (QED) is 0.475. The summed E-state index contributed by atoms with van der Waals surface area (Å²) < 4.78 is 5.13. The zero-order valence-electron chi connectivity index (χ0n) is 15.9. The number of carbonyl (C=O) groups is 3. The van der Waals surface area contributed by atoms with Crippen molar-refractivity contribution in [2.45, 2.75) is 6.92 Å². The van der Waals surface area contributed by atoms with Gasteiger partial charge in [0.25, 0.3) is 11.8 Å².